The predicted octanol–water partition coefficient (Wildman–Crippen LogP) is 0.951. The fraction of sp³-hybridized carbons (Fsp3) is 0.294. The second-order valence-corrected chi connectivity index (χ2v) is 5.50. The molecule has 1 aliphatic heterocycles. The summed E-state index contributed by atoms with van der Waals surface area (Å²) in [5, 5.41) is 7.08. The Labute approximate surface area is 150 Å². The lowest BCUT2D eigenvalue weighted by Crippen LogP contribution is -2.37. The molecular weight excluding hydrogens is 334 g/mol. The highest BCUT2D eigenvalue weighted by molar-refractivity contribution is 5.99. The lowest BCUT2D eigenvalue weighted by Gasteiger charge is -2.29. The van der Waals surface area contributed by atoms with Crippen molar-refractivity contribution in [3.63, 3.8) is 0 Å². The number of morpholine rings is 1. The minimum absolute atomic E-state index is 0.319. The second-order valence-electron chi connectivity index (χ2n) is 5.50. The van der Waals surface area contributed by atoms with E-state index in [-0.39, 0.29) is 5.91 Å². The van der Waals surface area contributed by atoms with Gasteiger partial charge in [0.05, 0.1) is 25.1 Å². The molecule has 1 amide bonds. The number of nitrogens with two attached hydrogens (primary N) is 1. The topological polar surface area (TPSA) is 110 Å². The summed E-state index contributed by atoms with van der Waals surface area (Å²) >= 11 is 0. The quantitative estimate of drug-likeness (QED) is 0.469. The van der Waals surface area contributed by atoms with Crippen LogP contribution in [0, 0.1) is 0 Å². The lowest BCUT2D eigenvalue weighted by molar-refractivity contribution is -0.111. The molecule has 0 atom stereocenters. The standard InChI is InChI=1S/C17H21N7O2/c1-2-19-13(12-18)3-4-16(25)22-14-11-17(23-7-9-26-10-8-23)24-15(21-14)5-6-20-24/h2-6,11-12H,7-10,18H2,1H3,(H,21,22,25)/b4-3+,13-12-,19-2?. The van der Waals surface area contributed by atoms with Gasteiger partial charge in [0.25, 0.3) is 0 Å². The molecule has 3 N–H and O–H groups in total. The van der Waals surface area contributed by atoms with Crippen LogP contribution in [0.1, 0.15) is 6.92 Å². The van der Waals surface area contributed by atoms with Crippen molar-refractivity contribution in [3.8, 4) is 0 Å². The van der Waals surface area contributed by atoms with Gasteiger partial charge in [-0.15, -0.1) is 0 Å². The van der Waals surface area contributed by atoms with Gasteiger partial charge in [0.15, 0.2) is 5.65 Å². The third kappa shape index (κ3) is 4.06. The van der Waals surface area contributed by atoms with Gasteiger partial charge in [-0.2, -0.15) is 9.61 Å². The Kier molecular flexibility index (Phi) is 5.59. The van der Waals surface area contributed by atoms with Crippen molar-refractivity contribution < 1.29 is 9.53 Å². The summed E-state index contributed by atoms with van der Waals surface area (Å²) < 4.78 is 7.15. The molecule has 0 aliphatic carbocycles. The van der Waals surface area contributed by atoms with Gasteiger partial charge in [-0.1, -0.05) is 0 Å². The van der Waals surface area contributed by atoms with E-state index < -0.39 is 0 Å². The Balaban J connectivity index is 1.81. The first-order chi connectivity index (χ1) is 12.7. The molecule has 26 heavy (non-hydrogen) atoms. The number of allylic oxidation sites excluding steroid dienone is 1. The zero-order chi connectivity index (χ0) is 18.4. The third-order valence-electron chi connectivity index (χ3n) is 3.78. The van der Waals surface area contributed by atoms with Gasteiger partial charge in [-0.05, 0) is 13.0 Å². The maximum Gasteiger partial charge on any atom is 0.249 e. The van der Waals surface area contributed by atoms with Crippen molar-refractivity contribution in [2.45, 2.75) is 6.92 Å². The first-order valence-corrected chi connectivity index (χ1v) is 8.28. The minimum atomic E-state index is -0.319. The molecule has 1 saturated heterocycles. The molecule has 0 bridgehead atoms. The normalized spacial score (nSPS) is 16.0. The van der Waals surface area contributed by atoms with E-state index >= 15 is 0 Å². The number of carbonyl (C=O) groups is 1. The first kappa shape index (κ1) is 17.6. The number of anilines is 2. The molecule has 2 aromatic heterocycles. The minimum Gasteiger partial charge on any atom is -0.403 e. The SMILES string of the molecule is CC=NC(=C\N)/C=C/C(=O)Nc1cc(N2CCOCC2)n2nccc2n1. The van der Waals surface area contributed by atoms with Crippen molar-refractivity contribution in [2.24, 2.45) is 10.7 Å². The number of hydrogen-bond acceptors (Lipinski definition) is 7. The average Bonchev–Trinajstić information content (AvgIpc) is 3.13. The van der Waals surface area contributed by atoms with E-state index in [0.29, 0.717) is 30.4 Å². The molecule has 0 saturated carbocycles. The van der Waals surface area contributed by atoms with Crippen LogP contribution in [0.25, 0.3) is 5.65 Å². The van der Waals surface area contributed by atoms with Crippen molar-refractivity contribution >= 4 is 29.4 Å². The molecule has 9 nitrogen and oxygen atoms in total. The van der Waals surface area contributed by atoms with Crippen LogP contribution < -0.4 is 16.0 Å². The summed E-state index contributed by atoms with van der Waals surface area (Å²) in [7, 11) is 0. The molecule has 0 radical (unpaired) electrons. The van der Waals surface area contributed by atoms with Crippen LogP contribution in [0.5, 0.6) is 0 Å². The fourth-order valence-electron chi connectivity index (χ4n) is 2.60. The van der Waals surface area contributed by atoms with E-state index in [1.165, 1.54) is 18.4 Å². The molecule has 9 heteroatoms. The number of hydrogen-bond donors (Lipinski definition) is 2. The zero-order valence-corrected chi connectivity index (χ0v) is 14.5. The summed E-state index contributed by atoms with van der Waals surface area (Å²) in [6.07, 6.45) is 7.51. The highest BCUT2D eigenvalue weighted by Crippen LogP contribution is 2.21. The molecule has 3 rings (SSSR count). The lowest BCUT2D eigenvalue weighted by atomic mass is 10.3. The van der Waals surface area contributed by atoms with Gasteiger partial charge in [0.1, 0.15) is 11.6 Å². The number of rotatable bonds is 5. The van der Waals surface area contributed by atoms with Crippen LogP contribution in [0.4, 0.5) is 11.6 Å². The predicted molar refractivity (Wildman–Crippen MR) is 100 cm³/mol. The molecule has 136 valence electrons. The van der Waals surface area contributed by atoms with Gasteiger partial charge in [-0.25, -0.2) is 4.98 Å². The summed E-state index contributed by atoms with van der Waals surface area (Å²) in [6, 6.07) is 3.60. The molecule has 3 heterocycles. The van der Waals surface area contributed by atoms with E-state index in [2.05, 4.69) is 25.3 Å². The number of carbonyl (C=O) groups excluding carboxylic acids is 1. The molecular formula is C17H21N7O2. The van der Waals surface area contributed by atoms with E-state index in [0.717, 1.165) is 18.9 Å². The van der Waals surface area contributed by atoms with Gasteiger partial charge in [-0.3, -0.25) is 9.79 Å². The number of fused-ring (bicyclic) bond motifs is 1. The van der Waals surface area contributed by atoms with Crippen LogP contribution in [-0.4, -0.2) is 53.0 Å². The van der Waals surface area contributed by atoms with Crippen molar-refractivity contribution in [1.82, 2.24) is 14.6 Å². The van der Waals surface area contributed by atoms with Crippen molar-refractivity contribution in [3.05, 3.63) is 42.4 Å². The molecule has 0 aromatic carbocycles. The molecule has 1 fully saturated rings. The average molecular weight is 355 g/mol. The Bertz CT molecular complexity index is 863. The maximum absolute atomic E-state index is 12.2. The smallest absolute Gasteiger partial charge is 0.249 e. The molecule has 0 spiro atoms. The van der Waals surface area contributed by atoms with Gasteiger partial charge in [0, 0.05) is 43.7 Å². The van der Waals surface area contributed by atoms with Crippen molar-refractivity contribution in [1.29, 1.82) is 0 Å². The van der Waals surface area contributed by atoms with E-state index in [1.807, 2.05) is 0 Å². The Hall–Kier alpha value is -3.20. The second kappa shape index (κ2) is 8.26. The highest BCUT2D eigenvalue weighted by Gasteiger charge is 2.17. The Morgan fingerprint density at radius 1 is 1.38 bits per heavy atom. The highest BCUT2D eigenvalue weighted by atomic mass is 16.5. The largest absolute Gasteiger partial charge is 0.403 e. The van der Waals surface area contributed by atoms with E-state index in [9.17, 15) is 4.79 Å². The number of amides is 1. The van der Waals surface area contributed by atoms with Crippen LogP contribution in [0.15, 0.2) is 47.4 Å². The Morgan fingerprint density at radius 2 is 2.19 bits per heavy atom. The van der Waals surface area contributed by atoms with Crippen molar-refractivity contribution in [2.75, 3.05) is 36.5 Å². The van der Waals surface area contributed by atoms with Crippen LogP contribution in [0.3, 0.4) is 0 Å². The first-order valence-electron chi connectivity index (χ1n) is 8.28. The number of nitrogens with one attached hydrogen (secondary N) is 1. The summed E-state index contributed by atoms with van der Waals surface area (Å²) in [5.74, 6) is 0.993. The zero-order valence-electron chi connectivity index (χ0n) is 14.5. The summed E-state index contributed by atoms with van der Waals surface area (Å²) in [5.41, 5.74) is 6.61. The number of aliphatic imine (C=N–C) groups is 1. The van der Waals surface area contributed by atoms with Gasteiger partial charge < -0.3 is 20.7 Å². The number of aromatic nitrogens is 3. The third-order valence-corrected chi connectivity index (χ3v) is 3.78. The number of nitrogens with zero attached hydrogens (tertiary/aromatic N) is 5. The molecule has 0 unspecified atom stereocenters. The van der Waals surface area contributed by atoms with Gasteiger partial charge in [0.2, 0.25) is 5.91 Å². The maximum atomic E-state index is 12.2. The van der Waals surface area contributed by atoms with E-state index in [1.54, 1.807) is 36.0 Å². The molecule has 2 aromatic rings. The fourth-order valence-corrected chi connectivity index (χ4v) is 2.60. The van der Waals surface area contributed by atoms with Crippen LogP contribution in [0.2, 0.25) is 0 Å². The van der Waals surface area contributed by atoms with E-state index in [4.69, 9.17) is 10.5 Å². The number of ether oxygens (including phenoxy) is 1. The summed E-state index contributed by atoms with van der Waals surface area (Å²) in [6.45, 7) is 4.59. The molecule has 1 aliphatic rings. The van der Waals surface area contributed by atoms with Gasteiger partial charge >= 0.3 is 0 Å². The van der Waals surface area contributed by atoms with Crippen LogP contribution in [-0.2, 0) is 9.53 Å². The summed E-state index contributed by atoms with van der Waals surface area (Å²) in [4.78, 5) is 22.8. The van der Waals surface area contributed by atoms with Crippen LogP contribution >= 0.6 is 0 Å². The Morgan fingerprint density at radius 3 is 2.92 bits per heavy atom. The monoisotopic (exact) mass is 355 g/mol.